The van der Waals surface area contributed by atoms with Gasteiger partial charge in [0.2, 0.25) is 0 Å². The molecule has 1 aromatic heterocycles. The minimum atomic E-state index is -3.63. The lowest BCUT2D eigenvalue weighted by molar-refractivity contribution is 0.290. The Morgan fingerprint density at radius 2 is 1.90 bits per heavy atom. The van der Waals surface area contributed by atoms with Gasteiger partial charge in [-0.3, -0.25) is 0 Å². The molecule has 3 heterocycles. The molecule has 2 aliphatic heterocycles. The molecule has 0 radical (unpaired) electrons. The maximum Gasteiger partial charge on any atom is 0.282 e. The molecule has 8 heteroatoms. The van der Waals surface area contributed by atoms with Gasteiger partial charge in [-0.05, 0) is 41.0 Å². The van der Waals surface area contributed by atoms with E-state index in [9.17, 15) is 13.5 Å². The van der Waals surface area contributed by atoms with Crippen molar-refractivity contribution >= 4 is 27.7 Å². The summed E-state index contributed by atoms with van der Waals surface area (Å²) in [5, 5.41) is 12.3. The number of aromatic hydroxyl groups is 1. The summed E-state index contributed by atoms with van der Waals surface area (Å²) < 4.78 is 30.8. The van der Waals surface area contributed by atoms with Gasteiger partial charge in [-0.25, -0.2) is 4.98 Å². The van der Waals surface area contributed by atoms with Crippen LogP contribution in [0.1, 0.15) is 12.0 Å². The molecule has 1 aromatic carbocycles. The van der Waals surface area contributed by atoms with Gasteiger partial charge in [0.05, 0.1) is 6.04 Å². The van der Waals surface area contributed by atoms with Crippen molar-refractivity contribution in [2.45, 2.75) is 19.0 Å². The van der Waals surface area contributed by atoms with Crippen molar-refractivity contribution in [3.05, 3.63) is 64.7 Å². The summed E-state index contributed by atoms with van der Waals surface area (Å²) in [6.45, 7) is 2.47. The second-order valence-corrected chi connectivity index (χ2v) is 10.4. The highest BCUT2D eigenvalue weighted by atomic mass is 32.2. The number of allylic oxidation sites excluding steroid dienone is 1. The Bertz CT molecular complexity index is 1300. The van der Waals surface area contributed by atoms with E-state index in [2.05, 4.69) is 28.1 Å². The zero-order valence-corrected chi connectivity index (χ0v) is 17.9. The molecule has 0 spiro atoms. The van der Waals surface area contributed by atoms with Crippen LogP contribution in [0, 0.1) is 5.92 Å². The van der Waals surface area contributed by atoms with Gasteiger partial charge in [0, 0.05) is 50.1 Å². The molecule has 160 valence electrons. The number of rotatable bonds is 3. The number of hydrogen-bond acceptors (Lipinski definition) is 5. The smallest absolute Gasteiger partial charge is 0.282 e. The lowest BCUT2D eigenvalue weighted by Crippen LogP contribution is -2.57. The summed E-state index contributed by atoms with van der Waals surface area (Å²) in [5.41, 5.74) is 2.09. The summed E-state index contributed by atoms with van der Waals surface area (Å²) >= 11 is 0. The van der Waals surface area contributed by atoms with Gasteiger partial charge in [0.15, 0.2) is 0 Å². The second kappa shape index (κ2) is 6.91. The topological polar surface area (TPSA) is 77.0 Å². The Balaban J connectivity index is 1.31. The fourth-order valence-electron chi connectivity index (χ4n) is 5.39. The highest BCUT2D eigenvalue weighted by Gasteiger charge is 2.43. The van der Waals surface area contributed by atoms with Crippen LogP contribution in [0.25, 0.3) is 11.6 Å². The summed E-state index contributed by atoms with van der Waals surface area (Å²) in [6.07, 6.45) is 8.69. The highest BCUT2D eigenvalue weighted by molar-refractivity contribution is 7.86. The monoisotopic (exact) mass is 436 g/mol. The third kappa shape index (κ3) is 2.86. The normalized spacial score (nSPS) is 25.4. The van der Waals surface area contributed by atoms with E-state index < -0.39 is 10.2 Å². The highest BCUT2D eigenvalue weighted by Crippen LogP contribution is 2.37. The summed E-state index contributed by atoms with van der Waals surface area (Å²) in [7, 11) is -3.63. The van der Waals surface area contributed by atoms with E-state index in [1.807, 2.05) is 24.3 Å². The minimum Gasteiger partial charge on any atom is -0.507 e. The molecular formula is C23H24N4O3S. The van der Waals surface area contributed by atoms with E-state index in [1.54, 1.807) is 20.9 Å². The molecule has 0 saturated carbocycles. The number of phenols is 1. The van der Waals surface area contributed by atoms with Crippen molar-refractivity contribution in [3.63, 3.8) is 0 Å². The zero-order valence-electron chi connectivity index (χ0n) is 17.1. The predicted octanol–water partition coefficient (Wildman–Crippen LogP) is 0.559. The fourth-order valence-corrected chi connectivity index (χ4v) is 7.14. The van der Waals surface area contributed by atoms with Crippen molar-refractivity contribution < 1.29 is 13.5 Å². The number of anilines is 1. The molecule has 2 atom stereocenters. The summed E-state index contributed by atoms with van der Waals surface area (Å²) in [6, 6.07) is 9.15. The third-order valence-corrected chi connectivity index (χ3v) is 8.87. The molecule has 1 fully saturated rings. The molecule has 6 rings (SSSR count). The van der Waals surface area contributed by atoms with E-state index in [4.69, 9.17) is 0 Å². The lowest BCUT2D eigenvalue weighted by Gasteiger charge is -2.42. The van der Waals surface area contributed by atoms with E-state index in [-0.39, 0.29) is 17.7 Å². The SMILES string of the molecule is O=S(=O)(N1CCN(c2ccccn2)CC1)N1Cc2ccc(O)c3c2=C2C(C=CCC21)C=3. The number of nitrogens with zero attached hydrogens (tertiary/aromatic N) is 4. The Kier molecular flexibility index (Phi) is 4.25. The van der Waals surface area contributed by atoms with E-state index in [1.165, 1.54) is 0 Å². The number of piperazine rings is 1. The van der Waals surface area contributed by atoms with Crippen LogP contribution in [-0.2, 0) is 16.8 Å². The van der Waals surface area contributed by atoms with Gasteiger partial charge in [-0.15, -0.1) is 0 Å². The molecule has 0 bridgehead atoms. The zero-order chi connectivity index (χ0) is 21.2. The van der Waals surface area contributed by atoms with Gasteiger partial charge in [0.1, 0.15) is 11.6 Å². The first-order valence-corrected chi connectivity index (χ1v) is 12.1. The maximum absolute atomic E-state index is 13.8. The Hall–Kier alpha value is -2.68. The molecule has 31 heavy (non-hydrogen) atoms. The second-order valence-electron chi connectivity index (χ2n) is 8.49. The van der Waals surface area contributed by atoms with Gasteiger partial charge < -0.3 is 10.0 Å². The number of hydrogen-bond donors (Lipinski definition) is 1. The number of phenolic OH excluding ortho intramolecular Hbond substituents is 1. The molecule has 7 nitrogen and oxygen atoms in total. The Morgan fingerprint density at radius 1 is 1.06 bits per heavy atom. The average molecular weight is 437 g/mol. The average Bonchev–Trinajstić information content (AvgIpc) is 3.21. The largest absolute Gasteiger partial charge is 0.507 e. The first-order valence-electron chi connectivity index (χ1n) is 10.7. The van der Waals surface area contributed by atoms with Crippen molar-refractivity contribution in [3.8, 4) is 5.75 Å². The van der Waals surface area contributed by atoms with E-state index >= 15 is 0 Å². The molecule has 2 aromatic rings. The third-order valence-electron chi connectivity index (χ3n) is 6.87. The quantitative estimate of drug-likeness (QED) is 0.712. The van der Waals surface area contributed by atoms with Crippen molar-refractivity contribution in [2.75, 3.05) is 31.1 Å². The van der Waals surface area contributed by atoms with Crippen LogP contribution in [0.15, 0.2) is 48.7 Å². The van der Waals surface area contributed by atoms with Gasteiger partial charge >= 0.3 is 0 Å². The van der Waals surface area contributed by atoms with Gasteiger partial charge in [-0.1, -0.05) is 30.4 Å². The van der Waals surface area contributed by atoms with Crippen molar-refractivity contribution in [1.29, 1.82) is 0 Å². The molecular weight excluding hydrogens is 412 g/mol. The molecule has 4 aliphatic rings. The predicted molar refractivity (Wildman–Crippen MR) is 119 cm³/mol. The van der Waals surface area contributed by atoms with Crippen molar-refractivity contribution in [1.82, 2.24) is 13.6 Å². The van der Waals surface area contributed by atoms with Crippen LogP contribution in [-0.4, -0.2) is 59.3 Å². The molecule has 0 amide bonds. The van der Waals surface area contributed by atoms with Crippen LogP contribution < -0.4 is 15.3 Å². The molecule has 2 aliphatic carbocycles. The van der Waals surface area contributed by atoms with Crippen molar-refractivity contribution in [2.24, 2.45) is 5.92 Å². The summed E-state index contributed by atoms with van der Waals surface area (Å²) in [5.74, 6) is 1.21. The van der Waals surface area contributed by atoms with Crippen LogP contribution in [0.3, 0.4) is 0 Å². The summed E-state index contributed by atoms with van der Waals surface area (Å²) in [4.78, 5) is 6.52. The Labute approximate surface area is 181 Å². The molecule has 1 saturated heterocycles. The Morgan fingerprint density at radius 3 is 2.68 bits per heavy atom. The van der Waals surface area contributed by atoms with Crippen LogP contribution in [0.5, 0.6) is 5.75 Å². The van der Waals surface area contributed by atoms with Crippen LogP contribution >= 0.6 is 0 Å². The number of pyridine rings is 1. The first-order chi connectivity index (χ1) is 15.0. The first kappa shape index (κ1) is 19.0. The van der Waals surface area contributed by atoms with E-state index in [0.29, 0.717) is 39.1 Å². The standard InChI is InChI=1S/C23H24N4O3S/c28-20-8-7-17-15-27(19-5-3-4-16-14-18(20)22(17)23(16)19)31(29,30)26-12-10-25(11-13-26)21-6-1-2-9-24-21/h1-4,6-9,14,16,19,28H,5,10-13,15H2. The fraction of sp³-hybridized carbons (Fsp3) is 0.348. The van der Waals surface area contributed by atoms with Crippen LogP contribution in [0.2, 0.25) is 0 Å². The number of aromatic nitrogens is 1. The van der Waals surface area contributed by atoms with Gasteiger partial charge in [0.25, 0.3) is 10.2 Å². The molecule has 1 N–H and O–H groups in total. The van der Waals surface area contributed by atoms with E-state index in [0.717, 1.165) is 27.4 Å². The number of benzene rings is 1. The lowest BCUT2D eigenvalue weighted by atomic mass is 9.85. The molecule has 2 unspecified atom stereocenters. The maximum atomic E-state index is 13.8. The van der Waals surface area contributed by atoms with Gasteiger partial charge in [-0.2, -0.15) is 17.0 Å². The minimum absolute atomic E-state index is 0.0554. The van der Waals surface area contributed by atoms with Crippen LogP contribution in [0.4, 0.5) is 5.82 Å².